The molecule has 1 amide bonds. The highest BCUT2D eigenvalue weighted by Crippen LogP contribution is 2.38. The maximum absolute atomic E-state index is 12.9. The van der Waals surface area contributed by atoms with E-state index in [0.29, 0.717) is 18.5 Å². The van der Waals surface area contributed by atoms with E-state index in [2.05, 4.69) is 10.3 Å². The molecule has 1 unspecified atom stereocenters. The summed E-state index contributed by atoms with van der Waals surface area (Å²) in [7, 11) is 1.94. The zero-order valence-electron chi connectivity index (χ0n) is 17.8. The summed E-state index contributed by atoms with van der Waals surface area (Å²) < 4.78 is 1.99. The monoisotopic (exact) mass is 428 g/mol. The van der Waals surface area contributed by atoms with Crippen molar-refractivity contribution in [2.75, 3.05) is 6.54 Å². The van der Waals surface area contributed by atoms with E-state index in [1.54, 1.807) is 24.4 Å². The molecule has 0 fully saturated rings. The van der Waals surface area contributed by atoms with Gasteiger partial charge in [-0.1, -0.05) is 42.5 Å². The Bertz CT molecular complexity index is 1250. The topological polar surface area (TPSA) is 90.1 Å². The van der Waals surface area contributed by atoms with Crippen molar-refractivity contribution in [3.8, 4) is 0 Å². The van der Waals surface area contributed by atoms with E-state index in [1.165, 1.54) is 6.07 Å². The highest BCUT2D eigenvalue weighted by molar-refractivity contribution is 5.87. The zero-order chi connectivity index (χ0) is 22.5. The van der Waals surface area contributed by atoms with Crippen molar-refractivity contribution in [1.82, 2.24) is 14.9 Å². The molecule has 0 aliphatic heterocycles. The van der Waals surface area contributed by atoms with Crippen LogP contribution in [0.3, 0.4) is 0 Å². The number of hydrogen-bond acceptors (Lipinski definition) is 4. The fourth-order valence-electron chi connectivity index (χ4n) is 4.12. The van der Waals surface area contributed by atoms with E-state index >= 15 is 0 Å². The van der Waals surface area contributed by atoms with Crippen molar-refractivity contribution in [2.24, 2.45) is 7.05 Å². The van der Waals surface area contributed by atoms with Crippen LogP contribution in [0.5, 0.6) is 0 Å². The number of carbonyl (C=O) groups excluding carboxylic acids is 1. The van der Waals surface area contributed by atoms with Gasteiger partial charge >= 0.3 is 0 Å². The van der Waals surface area contributed by atoms with Crippen molar-refractivity contribution in [1.29, 1.82) is 0 Å². The molecule has 7 heteroatoms. The minimum Gasteiger partial charge on any atom is -0.356 e. The number of hydrogen-bond donors (Lipinski definition) is 1. The maximum atomic E-state index is 12.9. The number of pyridine rings is 1. The van der Waals surface area contributed by atoms with Crippen LogP contribution in [0, 0.1) is 10.1 Å². The predicted molar refractivity (Wildman–Crippen MR) is 123 cm³/mol. The molecule has 0 radical (unpaired) electrons. The molecular weight excluding hydrogens is 404 g/mol. The summed E-state index contributed by atoms with van der Waals surface area (Å²) in [5.74, 6) is -0.602. The second-order valence-corrected chi connectivity index (χ2v) is 7.71. The zero-order valence-corrected chi connectivity index (χ0v) is 17.8. The average Bonchev–Trinajstić information content (AvgIpc) is 3.14. The van der Waals surface area contributed by atoms with Crippen molar-refractivity contribution < 1.29 is 9.72 Å². The normalized spacial score (nSPS) is 11.9. The second kappa shape index (κ2) is 9.43. The van der Waals surface area contributed by atoms with Crippen molar-refractivity contribution in [3.05, 3.63) is 106 Å². The summed E-state index contributed by atoms with van der Waals surface area (Å²) in [4.78, 5) is 28.5. The molecule has 0 aliphatic carbocycles. The molecule has 0 saturated carbocycles. The van der Waals surface area contributed by atoms with Crippen LogP contribution in [0.4, 0.5) is 5.69 Å². The number of nitro benzene ring substituents is 1. The lowest BCUT2D eigenvalue weighted by Crippen LogP contribution is -2.27. The van der Waals surface area contributed by atoms with Crippen LogP contribution in [0.25, 0.3) is 10.9 Å². The van der Waals surface area contributed by atoms with Gasteiger partial charge in [0.05, 0.1) is 4.92 Å². The number of aromatic nitrogens is 2. The minimum atomic E-state index is -0.447. The third-order valence-corrected chi connectivity index (χ3v) is 5.63. The number of nitrogens with one attached hydrogen (secondary N) is 1. The van der Waals surface area contributed by atoms with Gasteiger partial charge in [-0.2, -0.15) is 0 Å². The maximum Gasteiger partial charge on any atom is 0.273 e. The van der Waals surface area contributed by atoms with Crippen LogP contribution in [-0.4, -0.2) is 26.9 Å². The molecule has 0 spiro atoms. The molecule has 0 saturated heterocycles. The average molecular weight is 428 g/mol. The summed E-state index contributed by atoms with van der Waals surface area (Å²) in [6.07, 6.45) is 4.42. The Labute approximate surface area is 185 Å². The number of benzene rings is 2. The van der Waals surface area contributed by atoms with Gasteiger partial charge in [0, 0.05) is 73.0 Å². The van der Waals surface area contributed by atoms with Crippen molar-refractivity contribution in [2.45, 2.75) is 18.8 Å². The lowest BCUT2D eigenvalue weighted by molar-refractivity contribution is -0.385. The first kappa shape index (κ1) is 21.2. The highest BCUT2D eigenvalue weighted by Gasteiger charge is 2.28. The van der Waals surface area contributed by atoms with Crippen LogP contribution < -0.4 is 5.32 Å². The Balaban J connectivity index is 1.64. The number of nitrogens with zero attached hydrogens (tertiary/aromatic N) is 3. The molecule has 2 aromatic carbocycles. The van der Waals surface area contributed by atoms with Crippen LogP contribution in [0.15, 0.2) is 79.1 Å². The van der Waals surface area contributed by atoms with Crippen LogP contribution >= 0.6 is 0 Å². The molecule has 1 N–H and O–H groups in total. The number of fused-ring (bicyclic) bond motifs is 1. The first-order valence-corrected chi connectivity index (χ1v) is 10.5. The van der Waals surface area contributed by atoms with Gasteiger partial charge in [0.15, 0.2) is 0 Å². The number of para-hydroxylation sites is 2. The first-order valence-electron chi connectivity index (χ1n) is 10.5. The molecule has 0 aliphatic rings. The van der Waals surface area contributed by atoms with Gasteiger partial charge in [-0.15, -0.1) is 0 Å². The van der Waals surface area contributed by atoms with Gasteiger partial charge < -0.3 is 9.88 Å². The predicted octanol–water partition coefficient (Wildman–Crippen LogP) is 4.36. The second-order valence-electron chi connectivity index (χ2n) is 7.71. The van der Waals surface area contributed by atoms with Gasteiger partial charge in [-0.05, 0) is 23.8 Å². The molecular formula is C25H24N4O3. The number of amides is 1. The Morgan fingerprint density at radius 1 is 1.06 bits per heavy atom. The molecule has 2 heterocycles. The van der Waals surface area contributed by atoms with Gasteiger partial charge in [-0.3, -0.25) is 19.9 Å². The Hall–Kier alpha value is -4.00. The van der Waals surface area contributed by atoms with Gasteiger partial charge in [0.2, 0.25) is 5.91 Å². The SMILES string of the molecule is Cn1cc(C(CC(=O)NCCc2ccccn2)c2ccccc2[N+](=O)[O-])c2ccccc21. The Morgan fingerprint density at radius 2 is 1.81 bits per heavy atom. The summed E-state index contributed by atoms with van der Waals surface area (Å²) in [6, 6.07) is 20.2. The largest absolute Gasteiger partial charge is 0.356 e. The van der Waals surface area contributed by atoms with E-state index in [4.69, 9.17) is 0 Å². The molecule has 4 aromatic rings. The molecule has 32 heavy (non-hydrogen) atoms. The molecule has 7 nitrogen and oxygen atoms in total. The summed E-state index contributed by atoms with van der Waals surface area (Å²) >= 11 is 0. The van der Waals surface area contributed by atoms with Gasteiger partial charge in [-0.25, -0.2) is 0 Å². The summed E-state index contributed by atoms with van der Waals surface area (Å²) in [5, 5.41) is 15.7. The van der Waals surface area contributed by atoms with E-state index in [1.807, 2.05) is 60.3 Å². The van der Waals surface area contributed by atoms with E-state index in [0.717, 1.165) is 22.2 Å². The molecule has 1 atom stereocenters. The summed E-state index contributed by atoms with van der Waals surface area (Å²) in [5.41, 5.74) is 3.37. The van der Waals surface area contributed by atoms with Crippen molar-refractivity contribution >= 4 is 22.5 Å². The van der Waals surface area contributed by atoms with E-state index < -0.39 is 5.92 Å². The smallest absolute Gasteiger partial charge is 0.273 e. The van der Waals surface area contributed by atoms with E-state index in [-0.39, 0.29) is 22.9 Å². The van der Waals surface area contributed by atoms with Crippen LogP contribution in [0.2, 0.25) is 0 Å². The third kappa shape index (κ3) is 4.51. The highest BCUT2D eigenvalue weighted by atomic mass is 16.6. The van der Waals surface area contributed by atoms with Gasteiger partial charge in [0.1, 0.15) is 0 Å². The lowest BCUT2D eigenvalue weighted by atomic mass is 9.87. The number of nitro groups is 1. The van der Waals surface area contributed by atoms with Crippen LogP contribution in [-0.2, 0) is 18.3 Å². The number of aryl methyl sites for hydroxylation is 1. The molecule has 4 rings (SSSR count). The third-order valence-electron chi connectivity index (χ3n) is 5.63. The quantitative estimate of drug-likeness (QED) is 0.333. The van der Waals surface area contributed by atoms with E-state index in [9.17, 15) is 14.9 Å². The standard InChI is InChI=1S/C25H24N4O3/c1-28-17-22(20-10-2-4-11-23(20)28)21(19-9-3-5-12-24(19)29(31)32)16-25(30)27-15-13-18-8-6-7-14-26-18/h2-12,14,17,21H,13,15-16H2,1H3,(H,27,30). The van der Waals surface area contributed by atoms with Crippen molar-refractivity contribution in [3.63, 3.8) is 0 Å². The molecule has 0 bridgehead atoms. The first-order chi connectivity index (χ1) is 15.5. The van der Waals surface area contributed by atoms with Crippen LogP contribution in [0.1, 0.15) is 29.2 Å². The lowest BCUT2D eigenvalue weighted by Gasteiger charge is -2.17. The fraction of sp³-hybridized carbons (Fsp3) is 0.200. The van der Waals surface area contributed by atoms with Gasteiger partial charge in [0.25, 0.3) is 5.69 Å². The summed E-state index contributed by atoms with van der Waals surface area (Å²) in [6.45, 7) is 0.453. The molecule has 162 valence electrons. The Morgan fingerprint density at radius 3 is 2.59 bits per heavy atom. The fourth-order valence-corrected chi connectivity index (χ4v) is 4.12. The minimum absolute atomic E-state index is 0.0201. The number of carbonyl (C=O) groups is 1. The molecule has 2 aromatic heterocycles. The number of rotatable bonds is 8. The Kier molecular flexibility index (Phi) is 6.26.